The summed E-state index contributed by atoms with van der Waals surface area (Å²) in [6.45, 7) is 7.15. The van der Waals surface area contributed by atoms with Crippen LogP contribution in [-0.4, -0.2) is 89.8 Å². The van der Waals surface area contributed by atoms with E-state index >= 15 is 0 Å². The van der Waals surface area contributed by atoms with Gasteiger partial charge in [0.15, 0.2) is 0 Å². The maximum Gasteiger partial charge on any atom is 0.327 e. The monoisotopic (exact) mass is 502 g/mol. The fraction of sp³-hybridized carbons (Fsp3) is 0.929. The summed E-state index contributed by atoms with van der Waals surface area (Å²) in [7, 11) is 3.97. The molecule has 2 N–H and O–H groups in total. The van der Waals surface area contributed by atoms with Crippen LogP contribution in [0.5, 0.6) is 0 Å². The van der Waals surface area contributed by atoms with Gasteiger partial charge in [-0.05, 0) is 82.7 Å². The summed E-state index contributed by atoms with van der Waals surface area (Å²) >= 11 is 0. The Morgan fingerprint density at radius 3 is 2.31 bits per heavy atom. The molecule has 3 amide bonds. The number of fused-ring (bicyclic) bond motifs is 1. The largest absolute Gasteiger partial charge is 0.327 e. The van der Waals surface area contributed by atoms with Crippen molar-refractivity contribution in [1.29, 1.82) is 0 Å². The van der Waals surface area contributed by atoms with E-state index in [2.05, 4.69) is 41.5 Å². The fourth-order valence-corrected chi connectivity index (χ4v) is 7.88. The second-order valence-corrected chi connectivity index (χ2v) is 12.9. The number of hydrazine groups is 1. The molecule has 3 heterocycles. The highest BCUT2D eigenvalue weighted by atomic mass is 16.2. The van der Waals surface area contributed by atoms with Crippen molar-refractivity contribution in [2.75, 3.05) is 33.7 Å². The zero-order valence-electron chi connectivity index (χ0n) is 23.1. The second-order valence-electron chi connectivity index (χ2n) is 12.9. The first kappa shape index (κ1) is 26.4. The van der Waals surface area contributed by atoms with E-state index < -0.39 is 0 Å². The van der Waals surface area contributed by atoms with Gasteiger partial charge in [0.05, 0.1) is 6.17 Å². The van der Waals surface area contributed by atoms with Gasteiger partial charge in [0, 0.05) is 32.2 Å². The van der Waals surface area contributed by atoms with Crippen molar-refractivity contribution in [3.63, 3.8) is 0 Å². The Bertz CT molecular complexity index is 778. The van der Waals surface area contributed by atoms with E-state index in [4.69, 9.17) is 0 Å². The number of carbonyl (C=O) groups is 2. The maximum absolute atomic E-state index is 13.5. The molecule has 2 saturated carbocycles. The van der Waals surface area contributed by atoms with Gasteiger partial charge in [0.1, 0.15) is 12.1 Å². The van der Waals surface area contributed by atoms with Crippen molar-refractivity contribution >= 4 is 11.9 Å². The lowest BCUT2D eigenvalue weighted by Crippen LogP contribution is -2.64. The van der Waals surface area contributed by atoms with Crippen LogP contribution < -0.4 is 10.7 Å². The minimum atomic E-state index is -0.267. The van der Waals surface area contributed by atoms with Crippen molar-refractivity contribution in [1.82, 2.24) is 30.5 Å². The molecule has 0 radical (unpaired) electrons. The van der Waals surface area contributed by atoms with Gasteiger partial charge in [0.2, 0.25) is 5.91 Å². The number of amides is 3. The van der Waals surface area contributed by atoms with Crippen LogP contribution in [0.3, 0.4) is 0 Å². The summed E-state index contributed by atoms with van der Waals surface area (Å²) in [5.41, 5.74) is 3.71. The van der Waals surface area contributed by atoms with Crippen LogP contribution in [0.15, 0.2) is 0 Å². The lowest BCUT2D eigenvalue weighted by atomic mass is 9.77. The number of urea groups is 1. The van der Waals surface area contributed by atoms with Gasteiger partial charge in [-0.3, -0.25) is 15.0 Å². The van der Waals surface area contributed by atoms with E-state index in [0.29, 0.717) is 24.4 Å². The number of carbonyl (C=O) groups excluding carboxylic acids is 2. The molecule has 0 bridgehead atoms. The Balaban J connectivity index is 1.30. The Hall–Kier alpha value is -1.22. The molecule has 8 heteroatoms. The van der Waals surface area contributed by atoms with E-state index in [1.165, 1.54) is 82.1 Å². The fourth-order valence-electron chi connectivity index (χ4n) is 7.88. The molecule has 4 atom stereocenters. The van der Waals surface area contributed by atoms with Crippen LogP contribution in [0.1, 0.15) is 84.5 Å². The van der Waals surface area contributed by atoms with Crippen molar-refractivity contribution in [2.24, 2.45) is 23.7 Å². The first-order valence-electron chi connectivity index (χ1n) is 14.9. The molecule has 0 spiro atoms. The normalized spacial score (nSPS) is 37.4. The second kappa shape index (κ2) is 11.3. The standard InChI is InChI=1S/C28H50N6O2/c1-19(2)17-33-26-24(27(35)32(4)28(33)36)25(29-22-9-6-5-7-10-22)34(30-26)18-20-12-14-21(15-13-20)23-11-8-16-31(23)3/h19-26,29-30H,5-18H2,1-4H3. The molecular weight excluding hydrogens is 452 g/mol. The third-order valence-electron chi connectivity index (χ3n) is 9.84. The van der Waals surface area contributed by atoms with Crippen molar-refractivity contribution < 1.29 is 9.59 Å². The van der Waals surface area contributed by atoms with E-state index in [0.717, 1.165) is 18.5 Å². The van der Waals surface area contributed by atoms with E-state index in [1.54, 1.807) is 7.05 Å². The highest BCUT2D eigenvalue weighted by molar-refractivity contribution is 5.98. The van der Waals surface area contributed by atoms with Gasteiger partial charge < -0.3 is 9.80 Å². The summed E-state index contributed by atoms with van der Waals surface area (Å²) in [4.78, 5) is 32.5. The Morgan fingerprint density at radius 2 is 1.67 bits per heavy atom. The smallest absolute Gasteiger partial charge is 0.306 e. The van der Waals surface area contributed by atoms with Crippen LogP contribution in [0, 0.1) is 23.7 Å². The number of imide groups is 1. The third kappa shape index (κ3) is 5.33. The first-order chi connectivity index (χ1) is 17.3. The van der Waals surface area contributed by atoms with Gasteiger partial charge in [0.25, 0.3) is 0 Å². The lowest BCUT2D eigenvalue weighted by Gasteiger charge is -2.42. The van der Waals surface area contributed by atoms with E-state index in [-0.39, 0.29) is 30.2 Å². The molecule has 36 heavy (non-hydrogen) atoms. The number of hydrogen-bond donors (Lipinski definition) is 2. The molecule has 0 aromatic rings. The minimum Gasteiger partial charge on any atom is -0.306 e. The molecule has 4 unspecified atom stereocenters. The van der Waals surface area contributed by atoms with Crippen molar-refractivity contribution in [3.8, 4) is 0 Å². The van der Waals surface area contributed by atoms with Crippen LogP contribution in [0.2, 0.25) is 0 Å². The number of nitrogens with zero attached hydrogens (tertiary/aromatic N) is 4. The highest BCUT2D eigenvalue weighted by Gasteiger charge is 2.55. The SMILES string of the molecule is CC(C)CN1C(=O)N(C)C(=O)C2C(NC3CCCCC3)N(CC3CCC(C4CCCN4C)CC3)NC21. The topological polar surface area (TPSA) is 71.2 Å². The van der Waals surface area contributed by atoms with E-state index in [1.807, 2.05) is 4.90 Å². The molecule has 2 aliphatic carbocycles. The van der Waals surface area contributed by atoms with E-state index in [9.17, 15) is 9.59 Å². The average Bonchev–Trinajstić information content (AvgIpc) is 3.45. The summed E-state index contributed by atoms with van der Waals surface area (Å²) in [6, 6.07) is 1.07. The molecule has 5 fully saturated rings. The molecule has 5 aliphatic rings. The van der Waals surface area contributed by atoms with Crippen LogP contribution in [0.25, 0.3) is 0 Å². The van der Waals surface area contributed by atoms with Gasteiger partial charge in [-0.2, -0.15) is 0 Å². The summed E-state index contributed by atoms with van der Waals surface area (Å²) < 4.78 is 0. The van der Waals surface area contributed by atoms with Crippen LogP contribution in [0.4, 0.5) is 4.79 Å². The van der Waals surface area contributed by atoms with Gasteiger partial charge in [-0.15, -0.1) is 0 Å². The molecule has 0 aromatic carbocycles. The summed E-state index contributed by atoms with van der Waals surface area (Å²) in [5, 5.41) is 6.27. The average molecular weight is 503 g/mol. The third-order valence-corrected chi connectivity index (χ3v) is 9.84. The van der Waals surface area contributed by atoms with Gasteiger partial charge >= 0.3 is 6.03 Å². The first-order valence-corrected chi connectivity index (χ1v) is 14.9. The zero-order valence-corrected chi connectivity index (χ0v) is 23.1. The van der Waals surface area contributed by atoms with Crippen LogP contribution in [-0.2, 0) is 4.79 Å². The molecule has 3 saturated heterocycles. The molecule has 204 valence electrons. The molecule has 0 aromatic heterocycles. The van der Waals surface area contributed by atoms with Gasteiger partial charge in [-0.1, -0.05) is 33.1 Å². The summed E-state index contributed by atoms with van der Waals surface area (Å²) in [5.74, 6) is 1.52. The Morgan fingerprint density at radius 1 is 0.944 bits per heavy atom. The molecular formula is C28H50N6O2. The maximum atomic E-state index is 13.5. The number of hydrogen-bond acceptors (Lipinski definition) is 6. The molecule has 5 rings (SSSR count). The van der Waals surface area contributed by atoms with Gasteiger partial charge in [-0.25, -0.2) is 15.2 Å². The molecule has 3 aliphatic heterocycles. The number of likely N-dealkylation sites (tertiary alicyclic amines) is 1. The van der Waals surface area contributed by atoms with Crippen molar-refractivity contribution in [2.45, 2.75) is 109 Å². The zero-order chi connectivity index (χ0) is 25.4. The van der Waals surface area contributed by atoms with Crippen molar-refractivity contribution in [3.05, 3.63) is 0 Å². The highest BCUT2D eigenvalue weighted by Crippen LogP contribution is 2.38. The quantitative estimate of drug-likeness (QED) is 0.556. The predicted molar refractivity (Wildman–Crippen MR) is 142 cm³/mol. The summed E-state index contributed by atoms with van der Waals surface area (Å²) in [6.07, 6.45) is 13.8. The number of rotatable bonds is 7. The number of nitrogens with one attached hydrogen (secondary N) is 2. The predicted octanol–water partition coefficient (Wildman–Crippen LogP) is 3.45. The minimum absolute atomic E-state index is 0.0405. The Kier molecular flexibility index (Phi) is 8.25. The lowest BCUT2D eigenvalue weighted by molar-refractivity contribution is -0.138. The molecule has 8 nitrogen and oxygen atoms in total. The Labute approximate surface area is 218 Å². The van der Waals surface area contributed by atoms with Crippen LogP contribution >= 0.6 is 0 Å².